The van der Waals surface area contributed by atoms with E-state index in [1.165, 1.54) is 0 Å². The van der Waals surface area contributed by atoms with Crippen molar-refractivity contribution in [3.8, 4) is 17.2 Å². The minimum Gasteiger partial charge on any atom is -1.00 e. The van der Waals surface area contributed by atoms with Gasteiger partial charge in [0.05, 0.1) is 12.1 Å². The molecule has 7 heteroatoms. The number of nitrogens with one attached hydrogen (secondary N) is 1. The molecule has 3 rings (SSSR count). The molecule has 1 N–H and O–H groups in total. The molecule has 0 saturated carbocycles. The lowest BCUT2D eigenvalue weighted by molar-refractivity contribution is -0.00000609. The third kappa shape index (κ3) is 4.15. The van der Waals surface area contributed by atoms with Gasteiger partial charge in [-0.1, -0.05) is 29.3 Å². The lowest BCUT2D eigenvalue weighted by atomic mass is 10.1. The van der Waals surface area contributed by atoms with E-state index in [1.54, 1.807) is 13.2 Å². The summed E-state index contributed by atoms with van der Waals surface area (Å²) in [5.41, 5.74) is 2.03. The lowest BCUT2D eigenvalue weighted by Gasteiger charge is -2.12. The van der Waals surface area contributed by atoms with Crippen LogP contribution < -0.4 is 31.9 Å². The number of benzene rings is 2. The molecule has 124 valence electrons. The van der Waals surface area contributed by atoms with E-state index in [1.807, 2.05) is 24.3 Å². The predicted molar refractivity (Wildman–Crippen MR) is 86.1 cm³/mol. The van der Waals surface area contributed by atoms with Crippen molar-refractivity contribution < 1.29 is 26.6 Å². The summed E-state index contributed by atoms with van der Waals surface area (Å²) in [6.07, 6.45) is 0. The molecule has 1 aliphatic rings. The Morgan fingerprint density at radius 2 is 1.87 bits per heavy atom. The first kappa shape index (κ1) is 18.0. The van der Waals surface area contributed by atoms with Gasteiger partial charge in [0.25, 0.3) is 0 Å². The van der Waals surface area contributed by atoms with Crippen LogP contribution in [0.5, 0.6) is 17.2 Å². The molecule has 0 fully saturated rings. The molecule has 0 atom stereocenters. The monoisotopic (exact) mass is 374 g/mol. The first-order valence-corrected chi connectivity index (χ1v) is 7.54. The molecular weight excluding hydrogens is 361 g/mol. The summed E-state index contributed by atoms with van der Waals surface area (Å²) < 4.78 is 16.0. The van der Waals surface area contributed by atoms with Gasteiger partial charge < -0.3 is 31.9 Å². The highest BCUT2D eigenvalue weighted by molar-refractivity contribution is 6.35. The van der Waals surface area contributed by atoms with Crippen molar-refractivity contribution in [3.05, 3.63) is 51.5 Å². The Balaban J connectivity index is 0.00000192. The van der Waals surface area contributed by atoms with Crippen LogP contribution in [0.1, 0.15) is 11.1 Å². The highest BCUT2D eigenvalue weighted by Gasteiger charge is 2.13. The van der Waals surface area contributed by atoms with Crippen molar-refractivity contribution in [2.24, 2.45) is 0 Å². The van der Waals surface area contributed by atoms with Gasteiger partial charge in [0.15, 0.2) is 11.5 Å². The maximum absolute atomic E-state index is 6.13. The average Bonchev–Trinajstić information content (AvgIpc) is 2.94. The van der Waals surface area contributed by atoms with Gasteiger partial charge in [-0.3, -0.25) is 0 Å². The Morgan fingerprint density at radius 1 is 1.09 bits per heavy atom. The summed E-state index contributed by atoms with van der Waals surface area (Å²) in [4.78, 5) is 0. The molecule has 4 nitrogen and oxygen atoms in total. The smallest absolute Gasteiger partial charge is 0.231 e. The van der Waals surface area contributed by atoms with Crippen molar-refractivity contribution in [2.45, 2.75) is 13.1 Å². The van der Waals surface area contributed by atoms with Crippen LogP contribution in [0.3, 0.4) is 0 Å². The van der Waals surface area contributed by atoms with Crippen LogP contribution >= 0.6 is 23.2 Å². The zero-order chi connectivity index (χ0) is 15.5. The number of rotatable bonds is 5. The standard InChI is InChI=1S/C16H15Cl2NO3.ClH/c1-20-16-11(5-12(17)6-13(16)18)8-19-7-10-2-3-14-15(4-10)22-9-21-14;/h2-6,19H,7-9H2,1H3;1H/p-1. The molecule has 0 amide bonds. The SMILES string of the molecule is COc1c(Cl)cc(Cl)cc1CNCc1ccc2c(c1)OCO2.[Cl-]. The van der Waals surface area contributed by atoms with Gasteiger partial charge in [-0.25, -0.2) is 0 Å². The zero-order valence-corrected chi connectivity index (χ0v) is 14.6. The molecule has 0 spiro atoms. The molecule has 1 aliphatic heterocycles. The van der Waals surface area contributed by atoms with Gasteiger partial charge in [0, 0.05) is 23.7 Å². The number of hydrogen-bond acceptors (Lipinski definition) is 4. The van der Waals surface area contributed by atoms with E-state index in [-0.39, 0.29) is 19.2 Å². The first-order valence-electron chi connectivity index (χ1n) is 6.78. The third-order valence-corrected chi connectivity index (χ3v) is 3.87. The molecule has 0 saturated heterocycles. The number of methoxy groups -OCH3 is 1. The molecule has 2 aromatic carbocycles. The molecule has 0 unspecified atom stereocenters. The third-order valence-electron chi connectivity index (χ3n) is 3.37. The normalized spacial score (nSPS) is 12.0. The van der Waals surface area contributed by atoms with Crippen molar-refractivity contribution in [3.63, 3.8) is 0 Å². The average molecular weight is 376 g/mol. The van der Waals surface area contributed by atoms with E-state index in [0.29, 0.717) is 28.9 Å². The van der Waals surface area contributed by atoms with Crippen LogP contribution in [0.15, 0.2) is 30.3 Å². The summed E-state index contributed by atoms with van der Waals surface area (Å²) in [6.45, 7) is 1.56. The Morgan fingerprint density at radius 3 is 2.65 bits per heavy atom. The van der Waals surface area contributed by atoms with Gasteiger partial charge in [-0.15, -0.1) is 0 Å². The summed E-state index contributed by atoms with van der Waals surface area (Å²) >= 11 is 12.2. The van der Waals surface area contributed by atoms with E-state index in [4.69, 9.17) is 37.4 Å². The number of fused-ring (bicyclic) bond motifs is 1. The Kier molecular flexibility index (Phi) is 6.25. The quantitative estimate of drug-likeness (QED) is 0.847. The van der Waals surface area contributed by atoms with E-state index in [0.717, 1.165) is 22.6 Å². The Bertz CT molecular complexity index is 695. The molecule has 0 aliphatic carbocycles. The number of hydrogen-bond donors (Lipinski definition) is 1. The predicted octanol–water partition coefficient (Wildman–Crippen LogP) is 1.02. The fourth-order valence-electron chi connectivity index (χ4n) is 2.37. The van der Waals surface area contributed by atoms with Gasteiger partial charge >= 0.3 is 0 Å². The van der Waals surface area contributed by atoms with E-state index < -0.39 is 0 Å². The van der Waals surface area contributed by atoms with Crippen LogP contribution in [0.2, 0.25) is 10.0 Å². The van der Waals surface area contributed by atoms with Crippen molar-refractivity contribution >= 4 is 23.2 Å². The van der Waals surface area contributed by atoms with Gasteiger partial charge in [0.1, 0.15) is 5.75 Å². The highest BCUT2D eigenvalue weighted by Crippen LogP contribution is 2.33. The van der Waals surface area contributed by atoms with Crippen LogP contribution in [0, 0.1) is 0 Å². The highest BCUT2D eigenvalue weighted by atomic mass is 35.5. The summed E-state index contributed by atoms with van der Waals surface area (Å²) in [6, 6.07) is 9.40. The summed E-state index contributed by atoms with van der Waals surface area (Å²) in [5, 5.41) is 4.44. The second-order valence-corrected chi connectivity index (χ2v) is 5.71. The molecule has 23 heavy (non-hydrogen) atoms. The van der Waals surface area contributed by atoms with Crippen molar-refractivity contribution in [2.75, 3.05) is 13.9 Å². The largest absolute Gasteiger partial charge is 1.00 e. The van der Waals surface area contributed by atoms with E-state index in [9.17, 15) is 0 Å². The molecule has 0 aromatic heterocycles. The molecular formula is C16H15Cl3NO3-. The maximum Gasteiger partial charge on any atom is 0.231 e. The van der Waals surface area contributed by atoms with Crippen LogP contribution in [0.4, 0.5) is 0 Å². The first-order chi connectivity index (χ1) is 10.7. The topological polar surface area (TPSA) is 39.7 Å². The second kappa shape index (κ2) is 7.97. The Labute approximate surface area is 151 Å². The van der Waals surface area contributed by atoms with E-state index >= 15 is 0 Å². The van der Waals surface area contributed by atoms with Crippen molar-refractivity contribution in [1.82, 2.24) is 5.32 Å². The molecule has 2 aromatic rings. The van der Waals surface area contributed by atoms with Crippen LogP contribution in [-0.2, 0) is 13.1 Å². The van der Waals surface area contributed by atoms with Gasteiger partial charge in [-0.05, 0) is 29.8 Å². The van der Waals surface area contributed by atoms with Crippen LogP contribution in [0.25, 0.3) is 0 Å². The maximum atomic E-state index is 6.13. The van der Waals surface area contributed by atoms with Crippen LogP contribution in [-0.4, -0.2) is 13.9 Å². The Hall–Kier alpha value is -1.33. The molecule has 1 heterocycles. The zero-order valence-electron chi connectivity index (χ0n) is 12.4. The minimum absolute atomic E-state index is 0. The fourth-order valence-corrected chi connectivity index (χ4v) is 2.98. The molecule has 0 radical (unpaired) electrons. The number of ether oxygens (including phenoxy) is 3. The second-order valence-electron chi connectivity index (χ2n) is 4.87. The fraction of sp³-hybridized carbons (Fsp3) is 0.250. The van der Waals surface area contributed by atoms with Crippen molar-refractivity contribution in [1.29, 1.82) is 0 Å². The minimum atomic E-state index is 0. The van der Waals surface area contributed by atoms with Gasteiger partial charge in [0.2, 0.25) is 6.79 Å². The summed E-state index contributed by atoms with van der Waals surface area (Å²) in [7, 11) is 1.59. The summed E-state index contributed by atoms with van der Waals surface area (Å²) in [5.74, 6) is 2.21. The van der Waals surface area contributed by atoms with E-state index in [2.05, 4.69) is 5.32 Å². The number of halogens is 3. The van der Waals surface area contributed by atoms with Gasteiger partial charge in [-0.2, -0.15) is 0 Å². The molecule has 0 bridgehead atoms. The lowest BCUT2D eigenvalue weighted by Crippen LogP contribution is -3.00.